The number of hydrogen-bond donors (Lipinski definition) is 0. The van der Waals surface area contributed by atoms with E-state index in [9.17, 15) is 0 Å². The molecular formula is H6CaCl2O5. The molecule has 0 saturated heterocycles. The molecule has 0 rings (SSSR count). The standard InChI is InChI=1S/Ca.2ClO.3H2O/c;2*1-2;;;/h;;;3*1H2/q+2;2*-1;;;. The maximum atomic E-state index is 7.72. The van der Waals surface area contributed by atoms with Crippen molar-refractivity contribution in [2.75, 3.05) is 0 Å². The van der Waals surface area contributed by atoms with Gasteiger partial charge in [0.05, 0.1) is 0 Å². The molecule has 0 radical (unpaired) electrons. The zero-order valence-electron chi connectivity index (χ0n) is 3.78. The molecule has 8 heavy (non-hydrogen) atoms. The summed E-state index contributed by atoms with van der Waals surface area (Å²) >= 11 is 6.78. The summed E-state index contributed by atoms with van der Waals surface area (Å²) in [5, 5.41) is 0. The molecule has 6 N–H and O–H groups in total. The second-order valence-corrected chi connectivity index (χ2v) is 0. The first-order chi connectivity index (χ1) is 2.00. The molecule has 0 aliphatic rings. The van der Waals surface area contributed by atoms with Gasteiger partial charge in [0.25, 0.3) is 0 Å². The van der Waals surface area contributed by atoms with Crippen molar-refractivity contribution in [1.29, 1.82) is 0 Å². The van der Waals surface area contributed by atoms with Crippen LogP contribution < -0.4 is 9.32 Å². The maximum Gasteiger partial charge on any atom is 2.00 e. The summed E-state index contributed by atoms with van der Waals surface area (Å²) in [4.78, 5) is 0. The molecule has 0 aliphatic carbocycles. The topological polar surface area (TPSA) is 141 Å². The van der Waals surface area contributed by atoms with Gasteiger partial charge in [-0.2, -0.15) is 0 Å². The molecule has 0 fully saturated rings. The van der Waals surface area contributed by atoms with E-state index in [1.54, 1.807) is 0 Å². The van der Waals surface area contributed by atoms with Gasteiger partial charge in [0.1, 0.15) is 0 Å². The minimum Gasteiger partial charge on any atom is -0.769 e. The smallest absolute Gasteiger partial charge is 0.769 e. The normalized spacial score (nSPS) is 1.50. The van der Waals surface area contributed by atoms with Crippen LogP contribution in [0.15, 0.2) is 0 Å². The summed E-state index contributed by atoms with van der Waals surface area (Å²) < 4.78 is 15.4. The predicted octanol–water partition coefficient (Wildman–Crippen LogP) is -3.85. The number of hydrogen-bond acceptors (Lipinski definition) is 2. The first-order valence-electron chi connectivity index (χ1n) is 0.309. The molecule has 0 aromatic rings. The van der Waals surface area contributed by atoms with Crippen LogP contribution >= 0.6 is 23.7 Å². The van der Waals surface area contributed by atoms with Gasteiger partial charge in [-0.15, -0.1) is 0 Å². The fraction of sp³-hybridized carbons (Fsp3) is 0. The summed E-state index contributed by atoms with van der Waals surface area (Å²) in [6, 6.07) is 0. The van der Waals surface area contributed by atoms with Crippen molar-refractivity contribution in [2.45, 2.75) is 0 Å². The SMILES string of the molecule is O.O.O.[Ca+2].[O-]Cl.[O-]Cl. The van der Waals surface area contributed by atoms with Crippen LogP contribution in [0, 0.1) is 0 Å². The van der Waals surface area contributed by atoms with Gasteiger partial charge in [-0.25, -0.2) is 23.7 Å². The van der Waals surface area contributed by atoms with Crippen LogP contribution in [-0.2, 0) is 0 Å². The predicted molar refractivity (Wildman–Crippen MR) is 28.3 cm³/mol. The Morgan fingerprint density at radius 3 is 0.625 bits per heavy atom. The van der Waals surface area contributed by atoms with Gasteiger partial charge in [0.2, 0.25) is 0 Å². The van der Waals surface area contributed by atoms with E-state index in [0.717, 1.165) is 0 Å². The van der Waals surface area contributed by atoms with Gasteiger partial charge < -0.3 is 25.7 Å². The van der Waals surface area contributed by atoms with Gasteiger partial charge in [0.15, 0.2) is 0 Å². The van der Waals surface area contributed by atoms with Crippen LogP contribution in [0.5, 0.6) is 0 Å². The van der Waals surface area contributed by atoms with E-state index in [1.165, 1.54) is 0 Å². The largest absolute Gasteiger partial charge is 2.00 e. The summed E-state index contributed by atoms with van der Waals surface area (Å²) in [5.74, 6) is 0. The van der Waals surface area contributed by atoms with E-state index in [-0.39, 0.29) is 54.2 Å². The molecule has 0 aliphatic heterocycles. The quantitative estimate of drug-likeness (QED) is 0.366. The molecule has 52 valence electrons. The molecule has 8 heteroatoms. The van der Waals surface area contributed by atoms with Crippen molar-refractivity contribution in [3.05, 3.63) is 0 Å². The molecule has 0 aromatic carbocycles. The van der Waals surface area contributed by atoms with Gasteiger partial charge in [0, 0.05) is 0 Å². The molecular weight excluding hydrogens is 191 g/mol. The van der Waals surface area contributed by atoms with Crippen molar-refractivity contribution in [3.63, 3.8) is 0 Å². The summed E-state index contributed by atoms with van der Waals surface area (Å²) in [7, 11) is 0. The first-order valence-corrected chi connectivity index (χ1v) is 0.926. The van der Waals surface area contributed by atoms with E-state index >= 15 is 0 Å². The number of halogens is 2. The van der Waals surface area contributed by atoms with Gasteiger partial charge in [-0.05, 0) is 0 Å². The van der Waals surface area contributed by atoms with E-state index in [2.05, 4.69) is 23.7 Å². The third-order valence-electron chi connectivity index (χ3n) is 0. The van der Waals surface area contributed by atoms with Crippen LogP contribution in [0.4, 0.5) is 0 Å². The van der Waals surface area contributed by atoms with E-state index in [4.69, 9.17) is 9.32 Å². The third kappa shape index (κ3) is 125. The molecule has 0 heterocycles. The Morgan fingerprint density at radius 1 is 0.625 bits per heavy atom. The Balaban J connectivity index is -0.00000000167. The zero-order chi connectivity index (χ0) is 4.00. The van der Waals surface area contributed by atoms with Crippen LogP contribution in [0.25, 0.3) is 0 Å². The molecule has 0 saturated carbocycles. The third-order valence-corrected chi connectivity index (χ3v) is 0. The Hall–Kier alpha value is 1.64. The molecule has 0 aromatic heterocycles. The van der Waals surface area contributed by atoms with Crippen molar-refractivity contribution in [1.82, 2.24) is 0 Å². The molecule has 0 amide bonds. The van der Waals surface area contributed by atoms with Crippen LogP contribution in [0.2, 0.25) is 0 Å². The van der Waals surface area contributed by atoms with Crippen molar-refractivity contribution < 1.29 is 25.7 Å². The second-order valence-electron chi connectivity index (χ2n) is 0. The second kappa shape index (κ2) is 188. The van der Waals surface area contributed by atoms with E-state index in [1.807, 2.05) is 0 Å². The molecule has 0 atom stereocenters. The van der Waals surface area contributed by atoms with Gasteiger partial charge in [-0.3, -0.25) is 0 Å². The Kier molecular flexibility index (Phi) is 1270. The molecule has 0 bridgehead atoms. The van der Waals surface area contributed by atoms with Crippen molar-refractivity contribution >= 4 is 61.5 Å². The Morgan fingerprint density at radius 2 is 0.625 bits per heavy atom. The fourth-order valence-electron chi connectivity index (χ4n) is 0. The minimum atomic E-state index is 0. The average molecular weight is 197 g/mol. The molecule has 0 spiro atoms. The van der Waals surface area contributed by atoms with Crippen molar-refractivity contribution in [2.24, 2.45) is 0 Å². The molecule has 0 unspecified atom stereocenters. The summed E-state index contributed by atoms with van der Waals surface area (Å²) in [6.07, 6.45) is 0. The number of rotatable bonds is 0. The van der Waals surface area contributed by atoms with Crippen LogP contribution in [-0.4, -0.2) is 54.2 Å². The Labute approximate surface area is 86.5 Å². The van der Waals surface area contributed by atoms with Crippen LogP contribution in [0.3, 0.4) is 0 Å². The summed E-state index contributed by atoms with van der Waals surface area (Å²) in [5.41, 5.74) is 0. The minimum absolute atomic E-state index is 0. The van der Waals surface area contributed by atoms with E-state index in [0.29, 0.717) is 0 Å². The summed E-state index contributed by atoms with van der Waals surface area (Å²) in [6.45, 7) is 0. The zero-order valence-corrected chi connectivity index (χ0v) is 7.50. The van der Waals surface area contributed by atoms with Gasteiger partial charge in [-0.1, -0.05) is 0 Å². The Bertz CT molecular complexity index is 10.4. The first kappa shape index (κ1) is 54.3. The van der Waals surface area contributed by atoms with Crippen molar-refractivity contribution in [3.8, 4) is 0 Å². The monoisotopic (exact) mass is 196 g/mol. The maximum absolute atomic E-state index is 7.72. The molecule has 5 nitrogen and oxygen atoms in total. The van der Waals surface area contributed by atoms with Crippen LogP contribution in [0.1, 0.15) is 0 Å². The van der Waals surface area contributed by atoms with E-state index < -0.39 is 0 Å². The fourth-order valence-corrected chi connectivity index (χ4v) is 0. The van der Waals surface area contributed by atoms with Gasteiger partial charge >= 0.3 is 37.7 Å². The average Bonchev–Trinajstić information content (AvgIpc) is 1.50.